The number of carbonyl (C=O) groups is 1. The average Bonchev–Trinajstić information content (AvgIpc) is 3.08. The van der Waals surface area contributed by atoms with Crippen LogP contribution in [0.25, 0.3) is 0 Å². The van der Waals surface area contributed by atoms with Crippen LogP contribution in [0.2, 0.25) is 5.02 Å². The van der Waals surface area contributed by atoms with Crippen LogP contribution in [0.4, 0.5) is 20.6 Å². The first-order valence-corrected chi connectivity index (χ1v) is 10.3. The maximum absolute atomic E-state index is 13.7. The Labute approximate surface area is 178 Å². The molecule has 28 heavy (non-hydrogen) atoms. The molecule has 1 aliphatic rings. The van der Waals surface area contributed by atoms with Crippen molar-refractivity contribution in [2.24, 2.45) is 0 Å². The molecule has 0 aromatic heterocycles. The Balaban J connectivity index is 1.88. The number of amides is 1. The highest BCUT2D eigenvalue weighted by atomic mass is 79.9. The summed E-state index contributed by atoms with van der Waals surface area (Å²) in [6, 6.07) is 12.6. The molecule has 1 aliphatic heterocycles. The van der Waals surface area contributed by atoms with Gasteiger partial charge in [0.1, 0.15) is 11.4 Å². The van der Waals surface area contributed by atoms with E-state index in [2.05, 4.69) is 20.8 Å². The highest BCUT2D eigenvalue weighted by Crippen LogP contribution is 2.34. The topological polar surface area (TPSA) is 32.8 Å². The zero-order valence-electron chi connectivity index (χ0n) is 16.1. The van der Waals surface area contributed by atoms with Crippen LogP contribution >= 0.6 is 27.5 Å². The van der Waals surface area contributed by atoms with Crippen LogP contribution < -0.4 is 4.90 Å². The minimum Gasteiger partial charge on any atom is -0.444 e. The molecule has 150 valence electrons. The van der Waals surface area contributed by atoms with Gasteiger partial charge in [-0.3, -0.25) is 0 Å². The van der Waals surface area contributed by atoms with Crippen LogP contribution in [-0.2, 0) is 4.74 Å². The number of benzene rings is 2. The average molecular weight is 470 g/mol. The second-order valence-electron chi connectivity index (χ2n) is 7.81. The summed E-state index contributed by atoms with van der Waals surface area (Å²) in [5.41, 5.74) is 1.19. The van der Waals surface area contributed by atoms with Crippen molar-refractivity contribution in [3.05, 3.63) is 57.8 Å². The van der Waals surface area contributed by atoms with Gasteiger partial charge < -0.3 is 14.5 Å². The smallest absolute Gasteiger partial charge is 0.410 e. The monoisotopic (exact) mass is 468 g/mol. The zero-order valence-corrected chi connectivity index (χ0v) is 18.4. The fraction of sp³-hybridized carbons (Fsp3) is 0.381. The normalized spacial score (nSPS) is 16.9. The molecule has 7 heteroatoms. The number of hydrogen-bond acceptors (Lipinski definition) is 3. The summed E-state index contributed by atoms with van der Waals surface area (Å²) in [6.45, 7) is 6.68. The van der Waals surface area contributed by atoms with Crippen molar-refractivity contribution in [2.45, 2.75) is 38.8 Å². The molecule has 2 aromatic rings. The van der Waals surface area contributed by atoms with Crippen molar-refractivity contribution in [1.29, 1.82) is 0 Å². The second-order valence-corrected chi connectivity index (χ2v) is 9.14. The van der Waals surface area contributed by atoms with E-state index >= 15 is 0 Å². The fourth-order valence-electron chi connectivity index (χ4n) is 3.25. The van der Waals surface area contributed by atoms with Gasteiger partial charge in [0.2, 0.25) is 0 Å². The maximum Gasteiger partial charge on any atom is 0.410 e. The molecule has 1 atom stereocenters. The standard InChI is InChI=1S/C21H23BrClFN2O2/c1-21(2,3)28-20(27)25-11-10-17(13-25)26(15-6-4-14(22)5-7-15)16-8-9-19(24)18(23)12-16/h4-9,12,17H,10-11,13H2,1-3H3. The summed E-state index contributed by atoms with van der Waals surface area (Å²) < 4.78 is 20.2. The van der Waals surface area contributed by atoms with Crippen molar-refractivity contribution in [3.63, 3.8) is 0 Å². The van der Waals surface area contributed by atoms with Crippen molar-refractivity contribution in [1.82, 2.24) is 4.90 Å². The Bertz CT molecular complexity index is 854. The summed E-state index contributed by atoms with van der Waals surface area (Å²) in [4.78, 5) is 16.3. The molecule has 1 saturated heterocycles. The van der Waals surface area contributed by atoms with E-state index in [9.17, 15) is 9.18 Å². The largest absolute Gasteiger partial charge is 0.444 e. The third kappa shape index (κ3) is 4.97. The molecule has 0 radical (unpaired) electrons. The lowest BCUT2D eigenvalue weighted by Gasteiger charge is -2.32. The van der Waals surface area contributed by atoms with Crippen LogP contribution in [0.5, 0.6) is 0 Å². The van der Waals surface area contributed by atoms with Gasteiger partial charge >= 0.3 is 6.09 Å². The van der Waals surface area contributed by atoms with Gasteiger partial charge in [0.15, 0.2) is 0 Å². The lowest BCUT2D eigenvalue weighted by atomic mass is 10.1. The molecular formula is C21H23BrClFN2O2. The molecule has 0 N–H and O–H groups in total. The number of hydrogen-bond donors (Lipinski definition) is 0. The summed E-state index contributed by atoms with van der Waals surface area (Å²) in [7, 11) is 0. The summed E-state index contributed by atoms with van der Waals surface area (Å²) in [5, 5.41) is 0.0709. The van der Waals surface area contributed by atoms with Gasteiger partial charge in [-0.1, -0.05) is 27.5 Å². The Hall–Kier alpha value is -1.79. The molecule has 4 nitrogen and oxygen atoms in total. The first kappa shape index (κ1) is 20.9. The van der Waals surface area contributed by atoms with Gasteiger partial charge in [0, 0.05) is 28.9 Å². The fourth-order valence-corrected chi connectivity index (χ4v) is 3.69. The zero-order chi connectivity index (χ0) is 20.5. The minimum absolute atomic E-state index is 0.0234. The highest BCUT2D eigenvalue weighted by molar-refractivity contribution is 9.10. The van der Waals surface area contributed by atoms with Gasteiger partial charge in [-0.05, 0) is 69.7 Å². The van der Waals surface area contributed by atoms with E-state index in [1.807, 2.05) is 45.0 Å². The van der Waals surface area contributed by atoms with Crippen molar-refractivity contribution in [3.8, 4) is 0 Å². The molecule has 0 bridgehead atoms. The number of likely N-dealkylation sites (tertiary alicyclic amines) is 1. The molecular weight excluding hydrogens is 447 g/mol. The molecule has 2 aromatic carbocycles. The minimum atomic E-state index is -0.537. The molecule has 0 spiro atoms. The van der Waals surface area contributed by atoms with Crippen molar-refractivity contribution in [2.75, 3.05) is 18.0 Å². The quantitative estimate of drug-likeness (QED) is 0.522. The van der Waals surface area contributed by atoms with Crippen LogP contribution in [0.1, 0.15) is 27.2 Å². The third-order valence-corrected chi connectivity index (χ3v) is 5.28. The number of halogens is 3. The predicted molar refractivity (Wildman–Crippen MR) is 114 cm³/mol. The number of anilines is 2. The highest BCUT2D eigenvalue weighted by Gasteiger charge is 2.34. The number of rotatable bonds is 3. The van der Waals surface area contributed by atoms with Gasteiger partial charge in [-0.15, -0.1) is 0 Å². The van der Waals surface area contributed by atoms with E-state index < -0.39 is 11.4 Å². The number of nitrogens with zero attached hydrogens (tertiary/aromatic N) is 2. The van der Waals surface area contributed by atoms with E-state index in [1.54, 1.807) is 17.0 Å². The predicted octanol–water partition coefficient (Wildman–Crippen LogP) is 6.39. The van der Waals surface area contributed by atoms with Gasteiger partial charge in [0.05, 0.1) is 11.1 Å². The van der Waals surface area contributed by atoms with Gasteiger partial charge in [-0.25, -0.2) is 9.18 Å². The summed E-state index contributed by atoms with van der Waals surface area (Å²) >= 11 is 9.49. The first-order chi connectivity index (χ1) is 13.1. The maximum atomic E-state index is 13.7. The summed E-state index contributed by atoms with van der Waals surface area (Å²) in [5.74, 6) is -0.456. The van der Waals surface area contributed by atoms with E-state index in [0.717, 1.165) is 22.3 Å². The number of carbonyl (C=O) groups excluding carboxylic acids is 1. The summed E-state index contributed by atoms with van der Waals surface area (Å²) in [6.07, 6.45) is 0.451. The van der Waals surface area contributed by atoms with E-state index in [0.29, 0.717) is 13.1 Å². The van der Waals surface area contributed by atoms with Crippen LogP contribution in [0.15, 0.2) is 46.9 Å². The van der Waals surface area contributed by atoms with E-state index in [4.69, 9.17) is 16.3 Å². The molecule has 1 amide bonds. The lowest BCUT2D eigenvalue weighted by Crippen LogP contribution is -2.39. The van der Waals surface area contributed by atoms with E-state index in [1.165, 1.54) is 6.07 Å². The lowest BCUT2D eigenvalue weighted by molar-refractivity contribution is 0.0293. The molecule has 0 saturated carbocycles. The second kappa shape index (κ2) is 8.29. The van der Waals surface area contributed by atoms with Crippen LogP contribution in [0.3, 0.4) is 0 Å². The Morgan fingerprint density at radius 3 is 2.46 bits per heavy atom. The SMILES string of the molecule is CC(C)(C)OC(=O)N1CCC(N(c2ccc(Br)cc2)c2ccc(F)c(Cl)c2)C1. The van der Waals surface area contributed by atoms with Crippen molar-refractivity contribution < 1.29 is 13.9 Å². The third-order valence-electron chi connectivity index (χ3n) is 4.47. The Kier molecular flexibility index (Phi) is 6.20. The molecule has 1 fully saturated rings. The molecule has 3 rings (SSSR count). The Morgan fingerprint density at radius 1 is 1.21 bits per heavy atom. The Morgan fingerprint density at radius 2 is 1.86 bits per heavy atom. The molecule has 0 aliphatic carbocycles. The molecule has 1 unspecified atom stereocenters. The first-order valence-electron chi connectivity index (χ1n) is 9.12. The van der Waals surface area contributed by atoms with E-state index in [-0.39, 0.29) is 17.2 Å². The van der Waals surface area contributed by atoms with Gasteiger partial charge in [0.25, 0.3) is 0 Å². The number of ether oxygens (including phenoxy) is 1. The van der Waals surface area contributed by atoms with Gasteiger partial charge in [-0.2, -0.15) is 0 Å². The van der Waals surface area contributed by atoms with Crippen LogP contribution in [0, 0.1) is 5.82 Å². The van der Waals surface area contributed by atoms with Crippen LogP contribution in [-0.4, -0.2) is 35.7 Å². The van der Waals surface area contributed by atoms with Crippen molar-refractivity contribution >= 4 is 45.0 Å². The molecule has 1 heterocycles.